The highest BCUT2D eigenvalue weighted by molar-refractivity contribution is 7.89. The third-order valence-corrected chi connectivity index (χ3v) is 6.89. The summed E-state index contributed by atoms with van der Waals surface area (Å²) in [6.07, 6.45) is 0.941. The molecule has 6 nitrogen and oxygen atoms in total. The van der Waals surface area contributed by atoms with Crippen LogP contribution in [-0.4, -0.2) is 38.3 Å². The largest absolute Gasteiger partial charge is 0.494 e. The van der Waals surface area contributed by atoms with Crippen LogP contribution in [0, 0.1) is 24.5 Å². The van der Waals surface area contributed by atoms with E-state index in [0.29, 0.717) is 30.8 Å². The predicted molar refractivity (Wildman–Crippen MR) is 109 cm³/mol. The van der Waals surface area contributed by atoms with E-state index in [2.05, 4.69) is 5.32 Å². The van der Waals surface area contributed by atoms with Crippen molar-refractivity contribution in [3.05, 3.63) is 53.6 Å². The summed E-state index contributed by atoms with van der Waals surface area (Å²) in [6.45, 7) is 4.34. The molecule has 0 aliphatic carbocycles. The first kappa shape index (κ1) is 22.2. The molecule has 3 rings (SSSR count). The fourth-order valence-corrected chi connectivity index (χ4v) is 5.06. The number of hydrogen-bond donors (Lipinski definition) is 1. The van der Waals surface area contributed by atoms with Crippen LogP contribution in [0.2, 0.25) is 0 Å². The lowest BCUT2D eigenvalue weighted by molar-refractivity contribution is -0.120. The minimum Gasteiger partial charge on any atom is -0.494 e. The molecule has 0 bridgehead atoms. The molecule has 9 heteroatoms. The van der Waals surface area contributed by atoms with Gasteiger partial charge in [0.05, 0.1) is 23.1 Å². The Morgan fingerprint density at radius 1 is 1.23 bits per heavy atom. The van der Waals surface area contributed by atoms with E-state index in [1.165, 1.54) is 10.4 Å². The zero-order valence-electron chi connectivity index (χ0n) is 16.8. The molecule has 162 valence electrons. The Kier molecular flexibility index (Phi) is 6.72. The Bertz CT molecular complexity index is 1040. The molecule has 1 fully saturated rings. The number of benzene rings is 2. The van der Waals surface area contributed by atoms with Gasteiger partial charge in [-0.1, -0.05) is 0 Å². The Balaban J connectivity index is 1.75. The molecule has 0 spiro atoms. The number of piperidine rings is 1. The molecule has 0 saturated carbocycles. The van der Waals surface area contributed by atoms with Gasteiger partial charge in [-0.3, -0.25) is 4.79 Å². The molecule has 2 aromatic carbocycles. The van der Waals surface area contributed by atoms with Crippen LogP contribution in [0.25, 0.3) is 0 Å². The Hall–Kier alpha value is -2.52. The lowest BCUT2D eigenvalue weighted by atomic mass is 9.98. The first-order valence-corrected chi connectivity index (χ1v) is 11.2. The summed E-state index contributed by atoms with van der Waals surface area (Å²) < 4.78 is 60.0. The van der Waals surface area contributed by atoms with Crippen molar-refractivity contribution in [3.8, 4) is 5.75 Å². The highest BCUT2D eigenvalue weighted by Crippen LogP contribution is 2.28. The molecule has 2 aromatic rings. The topological polar surface area (TPSA) is 75.7 Å². The monoisotopic (exact) mass is 438 g/mol. The molecule has 1 N–H and O–H groups in total. The first-order chi connectivity index (χ1) is 14.2. The van der Waals surface area contributed by atoms with Gasteiger partial charge in [0, 0.05) is 19.2 Å². The molecular weight excluding hydrogens is 414 g/mol. The quantitative estimate of drug-likeness (QED) is 0.746. The SMILES string of the molecule is CCOc1ccc(S(=O)(=O)N2CCCC(C(=O)Nc3cc(F)ccc3F)C2)cc1C. The number of sulfonamides is 1. The maximum absolute atomic E-state index is 13.8. The van der Waals surface area contributed by atoms with Crippen LogP contribution in [0.4, 0.5) is 14.5 Å². The number of halogens is 2. The van der Waals surface area contributed by atoms with Crippen molar-refractivity contribution in [2.24, 2.45) is 5.92 Å². The van der Waals surface area contributed by atoms with Gasteiger partial charge in [0.1, 0.15) is 17.4 Å². The molecule has 1 aliphatic rings. The summed E-state index contributed by atoms with van der Waals surface area (Å²) in [5.41, 5.74) is 0.438. The highest BCUT2D eigenvalue weighted by atomic mass is 32.2. The van der Waals surface area contributed by atoms with Gasteiger partial charge in [0.15, 0.2) is 0 Å². The third kappa shape index (κ3) is 4.79. The van der Waals surface area contributed by atoms with Crippen molar-refractivity contribution >= 4 is 21.6 Å². The van der Waals surface area contributed by atoms with E-state index in [9.17, 15) is 22.0 Å². The Morgan fingerprint density at radius 3 is 2.70 bits per heavy atom. The second-order valence-corrected chi connectivity index (χ2v) is 9.11. The number of amides is 1. The van der Waals surface area contributed by atoms with Gasteiger partial charge < -0.3 is 10.1 Å². The maximum Gasteiger partial charge on any atom is 0.243 e. The fourth-order valence-electron chi connectivity index (χ4n) is 3.45. The van der Waals surface area contributed by atoms with Crippen molar-refractivity contribution < 1.29 is 26.7 Å². The van der Waals surface area contributed by atoms with Crippen molar-refractivity contribution in [1.29, 1.82) is 0 Å². The standard InChI is InChI=1S/C21H24F2N2O4S/c1-3-29-20-9-7-17(11-14(20)2)30(27,28)25-10-4-5-15(13-25)21(26)24-19-12-16(22)6-8-18(19)23/h6-9,11-12,15H,3-5,10,13H2,1-2H3,(H,24,26). The third-order valence-electron chi connectivity index (χ3n) is 5.03. The van der Waals surface area contributed by atoms with Crippen LogP contribution in [0.1, 0.15) is 25.3 Å². The van der Waals surface area contributed by atoms with Gasteiger partial charge >= 0.3 is 0 Å². The van der Waals surface area contributed by atoms with Crippen LogP contribution >= 0.6 is 0 Å². The van der Waals surface area contributed by atoms with Gasteiger partial charge in [-0.15, -0.1) is 0 Å². The molecule has 30 heavy (non-hydrogen) atoms. The second-order valence-electron chi connectivity index (χ2n) is 7.18. The average Bonchev–Trinajstić information content (AvgIpc) is 2.72. The minimum absolute atomic E-state index is 0.0304. The average molecular weight is 438 g/mol. The number of nitrogens with zero attached hydrogens (tertiary/aromatic N) is 1. The first-order valence-electron chi connectivity index (χ1n) is 9.72. The summed E-state index contributed by atoms with van der Waals surface area (Å²) in [5, 5.41) is 2.37. The van der Waals surface area contributed by atoms with Gasteiger partial charge in [-0.2, -0.15) is 4.31 Å². The van der Waals surface area contributed by atoms with E-state index < -0.39 is 33.5 Å². The number of rotatable bonds is 6. The number of anilines is 1. The number of carbonyl (C=O) groups excluding carboxylic acids is 1. The minimum atomic E-state index is -3.81. The van der Waals surface area contributed by atoms with Gasteiger partial charge in [0.2, 0.25) is 15.9 Å². The van der Waals surface area contributed by atoms with Crippen LogP contribution in [0.5, 0.6) is 5.75 Å². The molecule has 1 amide bonds. The van der Waals surface area contributed by atoms with Crippen LogP contribution in [0.3, 0.4) is 0 Å². The molecular formula is C21H24F2N2O4S. The van der Waals surface area contributed by atoms with Crippen molar-refractivity contribution in [1.82, 2.24) is 4.31 Å². The van der Waals surface area contributed by atoms with E-state index in [-0.39, 0.29) is 23.7 Å². The summed E-state index contributed by atoms with van der Waals surface area (Å²) in [7, 11) is -3.81. The molecule has 1 unspecified atom stereocenters. The predicted octanol–water partition coefficient (Wildman–Crippen LogP) is 3.71. The molecule has 1 heterocycles. The lowest BCUT2D eigenvalue weighted by Gasteiger charge is -2.31. The summed E-state index contributed by atoms with van der Waals surface area (Å²) in [4.78, 5) is 12.7. The number of nitrogens with one attached hydrogen (secondary N) is 1. The van der Waals surface area contributed by atoms with Gasteiger partial charge in [0.25, 0.3) is 0 Å². The molecule has 0 radical (unpaired) electrons. The van der Waals surface area contributed by atoms with Gasteiger partial charge in [-0.25, -0.2) is 17.2 Å². The number of ether oxygens (including phenoxy) is 1. The zero-order valence-corrected chi connectivity index (χ0v) is 17.6. The van der Waals surface area contributed by atoms with E-state index in [1.807, 2.05) is 6.92 Å². The van der Waals surface area contributed by atoms with Crippen molar-refractivity contribution in [2.45, 2.75) is 31.6 Å². The van der Waals surface area contributed by atoms with Crippen molar-refractivity contribution in [3.63, 3.8) is 0 Å². The zero-order chi connectivity index (χ0) is 21.9. The molecule has 1 atom stereocenters. The van der Waals surface area contributed by atoms with Crippen LogP contribution in [-0.2, 0) is 14.8 Å². The number of aryl methyl sites for hydroxylation is 1. The molecule has 1 saturated heterocycles. The highest BCUT2D eigenvalue weighted by Gasteiger charge is 2.33. The van der Waals surface area contributed by atoms with Crippen molar-refractivity contribution in [2.75, 3.05) is 25.0 Å². The normalized spacial score (nSPS) is 17.5. The van der Waals surface area contributed by atoms with Crippen LogP contribution < -0.4 is 10.1 Å². The fraction of sp³-hybridized carbons (Fsp3) is 0.381. The van der Waals surface area contributed by atoms with E-state index in [4.69, 9.17) is 4.74 Å². The van der Waals surface area contributed by atoms with E-state index >= 15 is 0 Å². The maximum atomic E-state index is 13.8. The summed E-state index contributed by atoms with van der Waals surface area (Å²) >= 11 is 0. The van der Waals surface area contributed by atoms with Gasteiger partial charge in [-0.05, 0) is 62.6 Å². The molecule has 0 aromatic heterocycles. The smallest absolute Gasteiger partial charge is 0.243 e. The second kappa shape index (κ2) is 9.09. The summed E-state index contributed by atoms with van der Waals surface area (Å²) in [5.74, 6) is -2.02. The van der Waals surface area contributed by atoms with Crippen LogP contribution in [0.15, 0.2) is 41.3 Å². The summed E-state index contributed by atoms with van der Waals surface area (Å²) in [6, 6.07) is 7.43. The Labute approximate surface area is 174 Å². The van der Waals surface area contributed by atoms with E-state index in [0.717, 1.165) is 18.2 Å². The Morgan fingerprint density at radius 2 is 2.00 bits per heavy atom. The van der Waals surface area contributed by atoms with E-state index in [1.54, 1.807) is 19.1 Å². The number of hydrogen-bond acceptors (Lipinski definition) is 4. The molecule has 1 aliphatic heterocycles. The lowest BCUT2D eigenvalue weighted by Crippen LogP contribution is -2.43. The number of carbonyl (C=O) groups is 1.